The van der Waals surface area contributed by atoms with E-state index in [0.29, 0.717) is 11.5 Å². The standard InChI is InChI=1S/C19H19ClF2N4O.C2H7N/c1-27-12-8-13(21)15(14(22)9-12)16-17(11-6-4-2-3-5-7-11)26-19(23-10-24-26)25-18(16)20;1-3-2/h8-11H,2-7H2,1H3;3H,1-2H3. The molecule has 9 heteroatoms. The van der Waals surface area contributed by atoms with Crippen molar-refractivity contribution < 1.29 is 13.5 Å². The number of nitrogens with one attached hydrogen (secondary N) is 1. The first-order valence-electron chi connectivity index (χ1n) is 10.0. The van der Waals surface area contributed by atoms with Crippen molar-refractivity contribution >= 4 is 17.4 Å². The maximum Gasteiger partial charge on any atom is 0.253 e. The van der Waals surface area contributed by atoms with E-state index in [4.69, 9.17) is 16.3 Å². The number of ether oxygens (including phenoxy) is 1. The summed E-state index contributed by atoms with van der Waals surface area (Å²) in [6.45, 7) is 0. The van der Waals surface area contributed by atoms with Crippen LogP contribution in [0.2, 0.25) is 5.15 Å². The van der Waals surface area contributed by atoms with Crippen LogP contribution in [0.5, 0.6) is 5.75 Å². The lowest BCUT2D eigenvalue weighted by Gasteiger charge is -2.21. The van der Waals surface area contributed by atoms with E-state index in [9.17, 15) is 8.78 Å². The zero-order valence-electron chi connectivity index (χ0n) is 17.4. The fourth-order valence-corrected chi connectivity index (χ4v) is 4.17. The molecule has 1 saturated carbocycles. The van der Waals surface area contributed by atoms with Crippen LogP contribution in [0.4, 0.5) is 8.78 Å². The zero-order valence-corrected chi connectivity index (χ0v) is 18.1. The molecule has 0 unspecified atom stereocenters. The van der Waals surface area contributed by atoms with Gasteiger partial charge in [0.1, 0.15) is 28.9 Å². The normalized spacial score (nSPS) is 14.9. The van der Waals surface area contributed by atoms with Gasteiger partial charge in [0.2, 0.25) is 0 Å². The Hall–Kier alpha value is -2.32. The van der Waals surface area contributed by atoms with Crippen molar-refractivity contribution in [3.63, 3.8) is 0 Å². The number of hydrogen-bond donors (Lipinski definition) is 1. The molecular formula is C21H26ClF2N5O. The van der Waals surface area contributed by atoms with Gasteiger partial charge in [-0.3, -0.25) is 0 Å². The van der Waals surface area contributed by atoms with Crippen LogP contribution in [-0.4, -0.2) is 40.8 Å². The fraction of sp³-hybridized carbons (Fsp3) is 0.476. The molecule has 30 heavy (non-hydrogen) atoms. The Balaban J connectivity index is 0.000000806. The van der Waals surface area contributed by atoms with E-state index in [1.165, 1.54) is 13.4 Å². The van der Waals surface area contributed by atoms with Crippen molar-refractivity contribution in [2.24, 2.45) is 0 Å². The number of fused-ring (bicyclic) bond motifs is 1. The second-order valence-corrected chi connectivity index (χ2v) is 7.65. The third-order valence-corrected chi connectivity index (χ3v) is 5.44. The summed E-state index contributed by atoms with van der Waals surface area (Å²) >= 11 is 6.42. The molecule has 0 amide bonds. The third-order valence-electron chi connectivity index (χ3n) is 5.16. The van der Waals surface area contributed by atoms with Gasteiger partial charge in [-0.1, -0.05) is 37.3 Å². The maximum atomic E-state index is 14.9. The van der Waals surface area contributed by atoms with Crippen LogP contribution in [0, 0.1) is 11.6 Å². The molecule has 1 aromatic carbocycles. The van der Waals surface area contributed by atoms with Gasteiger partial charge in [0, 0.05) is 23.6 Å². The lowest BCUT2D eigenvalue weighted by molar-refractivity contribution is 0.407. The zero-order chi connectivity index (χ0) is 21.7. The Morgan fingerprint density at radius 1 is 1.07 bits per heavy atom. The van der Waals surface area contributed by atoms with Gasteiger partial charge >= 0.3 is 0 Å². The molecular weight excluding hydrogens is 412 g/mol. The lowest BCUT2D eigenvalue weighted by Crippen LogP contribution is -2.12. The SMILES string of the molecule is CNC.COc1cc(F)c(-c2c(Cl)nc3ncnn3c2C2CCCCCC2)c(F)c1. The van der Waals surface area contributed by atoms with Gasteiger partial charge in [-0.05, 0) is 26.9 Å². The molecule has 0 bridgehead atoms. The minimum absolute atomic E-state index is 0.0257. The van der Waals surface area contributed by atoms with Crippen molar-refractivity contribution in [2.75, 3.05) is 21.2 Å². The summed E-state index contributed by atoms with van der Waals surface area (Å²) in [4.78, 5) is 8.32. The van der Waals surface area contributed by atoms with Crippen molar-refractivity contribution in [1.82, 2.24) is 24.9 Å². The van der Waals surface area contributed by atoms with Crippen molar-refractivity contribution in [1.29, 1.82) is 0 Å². The highest BCUT2D eigenvalue weighted by molar-refractivity contribution is 6.32. The molecule has 0 spiro atoms. The summed E-state index contributed by atoms with van der Waals surface area (Å²) in [6.07, 6.45) is 7.58. The molecule has 1 aliphatic carbocycles. The molecule has 1 N–H and O–H groups in total. The molecule has 0 saturated heterocycles. The molecule has 1 fully saturated rings. The monoisotopic (exact) mass is 437 g/mol. The predicted octanol–water partition coefficient (Wildman–Crippen LogP) is 5.00. The van der Waals surface area contributed by atoms with E-state index >= 15 is 0 Å². The number of benzene rings is 1. The number of halogens is 3. The van der Waals surface area contributed by atoms with Crippen LogP contribution in [0.25, 0.3) is 16.9 Å². The van der Waals surface area contributed by atoms with Crippen molar-refractivity contribution in [3.05, 3.63) is 40.9 Å². The summed E-state index contributed by atoms with van der Waals surface area (Å²) in [5, 5.41) is 7.04. The van der Waals surface area contributed by atoms with Crippen molar-refractivity contribution in [2.45, 2.75) is 44.4 Å². The summed E-state index contributed by atoms with van der Waals surface area (Å²) in [5.41, 5.74) is 0.719. The van der Waals surface area contributed by atoms with Crippen molar-refractivity contribution in [3.8, 4) is 16.9 Å². The molecule has 3 aromatic rings. The predicted molar refractivity (Wildman–Crippen MR) is 113 cm³/mol. The van der Waals surface area contributed by atoms with Crippen LogP contribution < -0.4 is 10.1 Å². The average Bonchev–Trinajstić information content (AvgIpc) is 3.00. The first-order chi connectivity index (χ1) is 14.5. The number of nitrogens with zero attached hydrogens (tertiary/aromatic N) is 4. The average molecular weight is 438 g/mol. The highest BCUT2D eigenvalue weighted by Gasteiger charge is 2.29. The molecule has 2 heterocycles. The van der Waals surface area contributed by atoms with Gasteiger partial charge in [0.25, 0.3) is 5.78 Å². The second-order valence-electron chi connectivity index (χ2n) is 7.29. The van der Waals surface area contributed by atoms with Gasteiger partial charge < -0.3 is 10.1 Å². The second kappa shape index (κ2) is 10.1. The van der Waals surface area contributed by atoms with Gasteiger partial charge in [-0.15, -0.1) is 0 Å². The molecule has 4 rings (SSSR count). The number of methoxy groups -OCH3 is 1. The van der Waals surface area contributed by atoms with E-state index in [1.807, 2.05) is 14.1 Å². The minimum Gasteiger partial charge on any atom is -0.497 e. The molecule has 0 atom stereocenters. The first-order valence-corrected chi connectivity index (χ1v) is 10.4. The van der Waals surface area contributed by atoms with Gasteiger partial charge in [-0.25, -0.2) is 13.3 Å². The van der Waals surface area contributed by atoms with E-state index < -0.39 is 11.6 Å². The third kappa shape index (κ3) is 4.54. The highest BCUT2D eigenvalue weighted by Crippen LogP contribution is 2.42. The Kier molecular flexibility index (Phi) is 7.55. The van der Waals surface area contributed by atoms with E-state index in [1.54, 1.807) is 4.52 Å². The minimum atomic E-state index is -0.745. The first kappa shape index (κ1) is 22.4. The Morgan fingerprint density at radius 2 is 1.67 bits per heavy atom. The molecule has 162 valence electrons. The highest BCUT2D eigenvalue weighted by atomic mass is 35.5. The number of hydrogen-bond acceptors (Lipinski definition) is 5. The van der Waals surface area contributed by atoms with E-state index in [0.717, 1.165) is 50.7 Å². The number of aromatic nitrogens is 4. The van der Waals surface area contributed by atoms with Crippen LogP contribution in [0.3, 0.4) is 0 Å². The van der Waals surface area contributed by atoms with Crippen LogP contribution >= 0.6 is 11.6 Å². The Bertz CT molecular complexity index is 979. The number of rotatable bonds is 3. The Labute approximate surface area is 179 Å². The van der Waals surface area contributed by atoms with Crippen LogP contribution in [0.1, 0.15) is 50.1 Å². The maximum absolute atomic E-state index is 14.9. The fourth-order valence-electron chi connectivity index (χ4n) is 3.90. The molecule has 6 nitrogen and oxygen atoms in total. The summed E-state index contributed by atoms with van der Waals surface area (Å²) in [7, 11) is 5.11. The van der Waals surface area contributed by atoms with Crippen LogP contribution in [-0.2, 0) is 0 Å². The molecule has 0 radical (unpaired) electrons. The molecule has 2 aromatic heterocycles. The van der Waals surface area contributed by atoms with Crippen LogP contribution in [0.15, 0.2) is 18.5 Å². The van der Waals surface area contributed by atoms with E-state index in [2.05, 4.69) is 20.4 Å². The van der Waals surface area contributed by atoms with Gasteiger partial charge in [0.05, 0.1) is 18.4 Å². The van der Waals surface area contributed by atoms with Gasteiger partial charge in [0.15, 0.2) is 0 Å². The van der Waals surface area contributed by atoms with Gasteiger partial charge in [-0.2, -0.15) is 15.1 Å². The summed E-state index contributed by atoms with van der Waals surface area (Å²) in [5.74, 6) is -0.976. The topological polar surface area (TPSA) is 64.3 Å². The van der Waals surface area contributed by atoms with E-state index in [-0.39, 0.29) is 27.9 Å². The molecule has 0 aliphatic heterocycles. The quantitative estimate of drug-likeness (QED) is 0.461. The summed E-state index contributed by atoms with van der Waals surface area (Å²) in [6, 6.07) is 2.30. The molecule has 1 aliphatic rings. The summed E-state index contributed by atoms with van der Waals surface area (Å²) < 4.78 is 36.3. The largest absolute Gasteiger partial charge is 0.497 e. The smallest absolute Gasteiger partial charge is 0.253 e. The lowest BCUT2D eigenvalue weighted by atomic mass is 9.90. The Morgan fingerprint density at radius 3 is 2.23 bits per heavy atom.